The second-order valence-electron chi connectivity index (χ2n) is 7.10. The molecule has 0 radical (unpaired) electrons. The number of imide groups is 1. The maximum atomic E-state index is 12.7. The van der Waals surface area contributed by atoms with Gasteiger partial charge in [0.25, 0.3) is 11.8 Å². The van der Waals surface area contributed by atoms with Gasteiger partial charge in [0.2, 0.25) is 5.91 Å². The summed E-state index contributed by atoms with van der Waals surface area (Å²) in [5.41, 5.74) is 2.95. The van der Waals surface area contributed by atoms with Gasteiger partial charge in [0, 0.05) is 26.1 Å². The SMILES string of the molecule is COc1cc2c(cc1OC)CN(C(=O)CCN1C(=O)c3ccccc3C1=O)CC2. The summed E-state index contributed by atoms with van der Waals surface area (Å²) in [6.07, 6.45) is 0.822. The fourth-order valence-electron chi connectivity index (χ4n) is 3.90. The summed E-state index contributed by atoms with van der Waals surface area (Å²) in [4.78, 5) is 40.6. The molecule has 150 valence electrons. The van der Waals surface area contributed by atoms with Crippen molar-refractivity contribution in [3.05, 3.63) is 58.7 Å². The van der Waals surface area contributed by atoms with Crippen molar-refractivity contribution in [3.8, 4) is 11.5 Å². The summed E-state index contributed by atoms with van der Waals surface area (Å²) >= 11 is 0. The number of amides is 3. The van der Waals surface area contributed by atoms with E-state index in [4.69, 9.17) is 9.47 Å². The molecule has 7 nitrogen and oxygen atoms in total. The Kier molecular flexibility index (Phi) is 4.96. The molecule has 2 aromatic carbocycles. The Hall–Kier alpha value is -3.35. The van der Waals surface area contributed by atoms with Crippen LogP contribution in [-0.4, -0.2) is 54.8 Å². The Labute approximate surface area is 168 Å². The first-order valence-corrected chi connectivity index (χ1v) is 9.50. The van der Waals surface area contributed by atoms with E-state index in [0.29, 0.717) is 42.1 Å². The topological polar surface area (TPSA) is 76.2 Å². The molecule has 7 heteroatoms. The lowest BCUT2D eigenvalue weighted by atomic mass is 9.98. The van der Waals surface area contributed by atoms with Gasteiger partial charge in [-0.05, 0) is 41.8 Å². The first kappa shape index (κ1) is 19.0. The molecule has 0 fully saturated rings. The van der Waals surface area contributed by atoms with Crippen LogP contribution in [0.3, 0.4) is 0 Å². The van der Waals surface area contributed by atoms with Gasteiger partial charge in [0.05, 0.1) is 25.3 Å². The van der Waals surface area contributed by atoms with Crippen molar-refractivity contribution in [2.75, 3.05) is 27.3 Å². The van der Waals surface area contributed by atoms with Crippen LogP contribution >= 0.6 is 0 Å². The molecule has 0 N–H and O–H groups in total. The van der Waals surface area contributed by atoms with Crippen LogP contribution in [0.2, 0.25) is 0 Å². The molecule has 0 spiro atoms. The van der Waals surface area contributed by atoms with Crippen LogP contribution in [-0.2, 0) is 17.8 Å². The highest BCUT2D eigenvalue weighted by Gasteiger charge is 2.35. The minimum atomic E-state index is -0.334. The van der Waals surface area contributed by atoms with Crippen LogP contribution in [0.5, 0.6) is 11.5 Å². The predicted molar refractivity (Wildman–Crippen MR) is 105 cm³/mol. The lowest BCUT2D eigenvalue weighted by molar-refractivity contribution is -0.132. The van der Waals surface area contributed by atoms with Crippen LogP contribution in [0.25, 0.3) is 0 Å². The van der Waals surface area contributed by atoms with E-state index in [2.05, 4.69) is 0 Å². The monoisotopic (exact) mass is 394 g/mol. The quantitative estimate of drug-likeness (QED) is 0.728. The Morgan fingerprint density at radius 1 is 0.966 bits per heavy atom. The number of carbonyl (C=O) groups excluding carboxylic acids is 3. The number of benzene rings is 2. The minimum Gasteiger partial charge on any atom is -0.493 e. The smallest absolute Gasteiger partial charge is 0.261 e. The van der Waals surface area contributed by atoms with Gasteiger partial charge in [0.15, 0.2) is 11.5 Å². The summed E-state index contributed by atoms with van der Waals surface area (Å²) in [7, 11) is 3.18. The van der Waals surface area contributed by atoms with Gasteiger partial charge in [0.1, 0.15) is 0 Å². The molecule has 2 aliphatic rings. The maximum absolute atomic E-state index is 12.7. The molecule has 0 aromatic heterocycles. The lowest BCUT2D eigenvalue weighted by Crippen LogP contribution is -2.39. The van der Waals surface area contributed by atoms with Gasteiger partial charge in [-0.3, -0.25) is 19.3 Å². The number of hydrogen-bond donors (Lipinski definition) is 0. The van der Waals surface area contributed by atoms with Crippen LogP contribution in [0, 0.1) is 0 Å². The van der Waals surface area contributed by atoms with Crippen LogP contribution in [0.15, 0.2) is 36.4 Å². The second-order valence-corrected chi connectivity index (χ2v) is 7.10. The van der Waals surface area contributed by atoms with E-state index in [-0.39, 0.29) is 30.7 Å². The van der Waals surface area contributed by atoms with Crippen molar-refractivity contribution in [1.82, 2.24) is 9.80 Å². The third-order valence-electron chi connectivity index (χ3n) is 5.50. The third-order valence-corrected chi connectivity index (χ3v) is 5.50. The Bertz CT molecular complexity index is 966. The van der Waals surface area contributed by atoms with E-state index in [9.17, 15) is 14.4 Å². The Balaban J connectivity index is 1.42. The zero-order chi connectivity index (χ0) is 20.5. The zero-order valence-electron chi connectivity index (χ0n) is 16.4. The molecular formula is C22H22N2O5. The lowest BCUT2D eigenvalue weighted by Gasteiger charge is -2.30. The molecule has 0 bridgehead atoms. The van der Waals surface area contributed by atoms with Crippen LogP contribution in [0.4, 0.5) is 0 Å². The zero-order valence-corrected chi connectivity index (χ0v) is 16.4. The molecule has 0 saturated carbocycles. The summed E-state index contributed by atoms with van der Waals surface area (Å²) in [6.45, 7) is 1.14. The van der Waals surface area contributed by atoms with Gasteiger partial charge in [-0.15, -0.1) is 0 Å². The average Bonchev–Trinajstić information content (AvgIpc) is 3.00. The van der Waals surface area contributed by atoms with Gasteiger partial charge < -0.3 is 14.4 Å². The van der Waals surface area contributed by atoms with E-state index < -0.39 is 0 Å². The number of methoxy groups -OCH3 is 2. The summed E-state index contributed by atoms with van der Waals surface area (Å²) in [6, 6.07) is 10.6. The van der Waals surface area contributed by atoms with E-state index in [1.165, 1.54) is 0 Å². The second kappa shape index (κ2) is 7.58. The van der Waals surface area contributed by atoms with Gasteiger partial charge in [-0.1, -0.05) is 12.1 Å². The number of nitrogens with zero attached hydrogens (tertiary/aromatic N) is 2. The normalized spacial score (nSPS) is 15.2. The molecular weight excluding hydrogens is 372 g/mol. The largest absolute Gasteiger partial charge is 0.493 e. The predicted octanol–water partition coefficient (Wildman–Crippen LogP) is 2.27. The number of ether oxygens (including phenoxy) is 2. The van der Waals surface area contributed by atoms with E-state index in [0.717, 1.165) is 16.0 Å². The van der Waals surface area contributed by atoms with Crippen molar-refractivity contribution in [2.45, 2.75) is 19.4 Å². The number of rotatable bonds is 5. The fraction of sp³-hybridized carbons (Fsp3) is 0.318. The molecule has 0 atom stereocenters. The van der Waals surface area contributed by atoms with Crippen LogP contribution < -0.4 is 9.47 Å². The van der Waals surface area contributed by atoms with Crippen molar-refractivity contribution in [2.24, 2.45) is 0 Å². The van der Waals surface area contributed by atoms with Gasteiger partial charge in [-0.2, -0.15) is 0 Å². The van der Waals surface area contributed by atoms with E-state index in [1.54, 1.807) is 43.4 Å². The summed E-state index contributed by atoms with van der Waals surface area (Å²) < 4.78 is 10.7. The standard InChI is InChI=1S/C22H22N2O5/c1-28-18-11-14-7-9-23(13-15(14)12-19(18)29-2)20(25)8-10-24-21(26)16-5-3-4-6-17(16)22(24)27/h3-6,11-12H,7-10,13H2,1-2H3. The molecule has 2 aromatic rings. The first-order valence-electron chi connectivity index (χ1n) is 9.50. The van der Waals surface area contributed by atoms with E-state index in [1.807, 2.05) is 12.1 Å². The molecule has 2 heterocycles. The van der Waals surface area contributed by atoms with Crippen molar-refractivity contribution >= 4 is 17.7 Å². The molecule has 0 aliphatic carbocycles. The minimum absolute atomic E-state index is 0.0815. The van der Waals surface area contributed by atoms with Crippen molar-refractivity contribution in [1.29, 1.82) is 0 Å². The summed E-state index contributed by atoms with van der Waals surface area (Å²) in [5, 5.41) is 0. The van der Waals surface area contributed by atoms with Crippen molar-refractivity contribution < 1.29 is 23.9 Å². The van der Waals surface area contributed by atoms with Gasteiger partial charge in [-0.25, -0.2) is 0 Å². The Morgan fingerprint density at radius 3 is 2.14 bits per heavy atom. The highest BCUT2D eigenvalue weighted by Crippen LogP contribution is 2.33. The molecule has 3 amide bonds. The number of carbonyl (C=O) groups is 3. The molecule has 2 aliphatic heterocycles. The molecule has 4 rings (SSSR count). The molecule has 0 unspecified atom stereocenters. The number of fused-ring (bicyclic) bond motifs is 2. The number of hydrogen-bond acceptors (Lipinski definition) is 5. The third kappa shape index (κ3) is 3.33. The van der Waals surface area contributed by atoms with E-state index >= 15 is 0 Å². The van der Waals surface area contributed by atoms with Crippen LogP contribution in [0.1, 0.15) is 38.3 Å². The van der Waals surface area contributed by atoms with Gasteiger partial charge >= 0.3 is 0 Å². The first-order chi connectivity index (χ1) is 14.0. The summed E-state index contributed by atoms with van der Waals surface area (Å²) in [5.74, 6) is 0.559. The average molecular weight is 394 g/mol. The highest BCUT2D eigenvalue weighted by atomic mass is 16.5. The van der Waals surface area contributed by atoms with Crippen molar-refractivity contribution in [3.63, 3.8) is 0 Å². The maximum Gasteiger partial charge on any atom is 0.261 e. The Morgan fingerprint density at radius 2 is 1.55 bits per heavy atom. The fourth-order valence-corrected chi connectivity index (χ4v) is 3.90. The highest BCUT2D eigenvalue weighted by molar-refractivity contribution is 6.21. The molecule has 0 saturated heterocycles. The molecule has 29 heavy (non-hydrogen) atoms.